The first-order valence-corrected chi connectivity index (χ1v) is 10.8. The van der Waals surface area contributed by atoms with Crippen LogP contribution in [0.5, 0.6) is 11.5 Å². The first-order chi connectivity index (χ1) is 14.3. The number of aromatic nitrogens is 2. The molecule has 3 aliphatic rings. The number of hydrogen-bond donors (Lipinski definition) is 2. The molecule has 3 aliphatic heterocycles. The third kappa shape index (κ3) is 4.13. The van der Waals surface area contributed by atoms with Crippen LogP contribution in [-0.4, -0.2) is 60.2 Å². The van der Waals surface area contributed by atoms with Crippen LogP contribution in [0.15, 0.2) is 24.4 Å². The average Bonchev–Trinajstić information content (AvgIpc) is 3.22. The molecule has 0 spiro atoms. The van der Waals surface area contributed by atoms with Crippen LogP contribution in [0.3, 0.4) is 0 Å². The van der Waals surface area contributed by atoms with Crippen molar-refractivity contribution in [3.8, 4) is 22.8 Å². The zero-order valence-electron chi connectivity index (χ0n) is 16.8. The Morgan fingerprint density at radius 1 is 1.07 bits per heavy atom. The number of fused-ring (bicyclic) bond motifs is 1. The maximum absolute atomic E-state index is 6.15. The highest BCUT2D eigenvalue weighted by atomic mass is 16.6. The van der Waals surface area contributed by atoms with Crippen LogP contribution in [0.25, 0.3) is 11.3 Å². The summed E-state index contributed by atoms with van der Waals surface area (Å²) in [5.74, 6) is 2.26. The van der Waals surface area contributed by atoms with Crippen molar-refractivity contribution in [1.82, 2.24) is 15.1 Å². The summed E-state index contributed by atoms with van der Waals surface area (Å²) in [5, 5.41) is 7.49. The number of likely N-dealkylation sites (tertiary alicyclic amines) is 1. The molecule has 1 aromatic heterocycles. The van der Waals surface area contributed by atoms with Gasteiger partial charge in [-0.05, 0) is 62.9 Å². The number of nitrogens with two attached hydrogens (primary N) is 1. The van der Waals surface area contributed by atoms with Gasteiger partial charge in [-0.2, -0.15) is 5.10 Å². The van der Waals surface area contributed by atoms with Gasteiger partial charge in [-0.1, -0.05) is 0 Å². The van der Waals surface area contributed by atoms with E-state index >= 15 is 0 Å². The number of rotatable bonds is 4. The molecular weight excluding hydrogens is 368 g/mol. The number of H-pyrrole nitrogens is 1. The minimum Gasteiger partial charge on any atom is -0.486 e. The second-order valence-electron chi connectivity index (χ2n) is 8.44. The predicted molar refractivity (Wildman–Crippen MR) is 110 cm³/mol. The molecule has 0 bridgehead atoms. The lowest BCUT2D eigenvalue weighted by Gasteiger charge is -2.38. The van der Waals surface area contributed by atoms with E-state index in [2.05, 4.69) is 21.2 Å². The van der Waals surface area contributed by atoms with Crippen LogP contribution in [0.1, 0.15) is 31.2 Å². The van der Waals surface area contributed by atoms with Crippen molar-refractivity contribution in [2.24, 2.45) is 11.7 Å². The van der Waals surface area contributed by atoms with Gasteiger partial charge in [0.1, 0.15) is 13.2 Å². The van der Waals surface area contributed by atoms with Gasteiger partial charge >= 0.3 is 0 Å². The van der Waals surface area contributed by atoms with Crippen molar-refractivity contribution in [1.29, 1.82) is 0 Å². The summed E-state index contributed by atoms with van der Waals surface area (Å²) in [4.78, 5) is 2.52. The van der Waals surface area contributed by atoms with Crippen molar-refractivity contribution in [2.75, 3.05) is 32.9 Å². The van der Waals surface area contributed by atoms with Crippen LogP contribution >= 0.6 is 0 Å². The minimum atomic E-state index is 0.311. The number of hydrogen-bond acceptors (Lipinski definition) is 6. The average molecular weight is 399 g/mol. The summed E-state index contributed by atoms with van der Waals surface area (Å²) in [6, 6.07) is 6.41. The quantitative estimate of drug-likeness (QED) is 0.823. The van der Waals surface area contributed by atoms with Crippen molar-refractivity contribution in [3.63, 3.8) is 0 Å². The van der Waals surface area contributed by atoms with E-state index in [1.54, 1.807) is 0 Å². The number of piperidine rings is 1. The molecule has 29 heavy (non-hydrogen) atoms. The van der Waals surface area contributed by atoms with Gasteiger partial charge in [0.15, 0.2) is 11.5 Å². The maximum atomic E-state index is 6.15. The Balaban J connectivity index is 1.22. The summed E-state index contributed by atoms with van der Waals surface area (Å²) in [5.41, 5.74) is 9.51. The monoisotopic (exact) mass is 398 g/mol. The van der Waals surface area contributed by atoms with E-state index in [1.165, 1.54) is 18.4 Å². The Bertz CT molecular complexity index is 831. The Morgan fingerprint density at radius 2 is 1.90 bits per heavy atom. The molecule has 3 N–H and O–H groups in total. The summed E-state index contributed by atoms with van der Waals surface area (Å²) in [7, 11) is 0. The smallest absolute Gasteiger partial charge is 0.162 e. The summed E-state index contributed by atoms with van der Waals surface area (Å²) >= 11 is 0. The van der Waals surface area contributed by atoms with Gasteiger partial charge in [0.05, 0.1) is 18.0 Å². The fraction of sp³-hybridized carbons (Fsp3) is 0.591. The van der Waals surface area contributed by atoms with E-state index < -0.39 is 0 Å². The molecule has 0 radical (unpaired) electrons. The van der Waals surface area contributed by atoms with Crippen molar-refractivity contribution in [2.45, 2.75) is 44.4 Å². The molecule has 2 saturated heterocycles. The SMILES string of the molecule is NC1CCOC(C2CCN(Cc3cn[nH]c3-c3ccc4c(c3)OCCO4)CC2)C1. The van der Waals surface area contributed by atoms with Crippen molar-refractivity contribution in [3.05, 3.63) is 30.0 Å². The number of benzene rings is 1. The molecule has 4 heterocycles. The van der Waals surface area contributed by atoms with E-state index in [4.69, 9.17) is 19.9 Å². The summed E-state index contributed by atoms with van der Waals surface area (Å²) in [6.45, 7) is 5.10. The van der Waals surface area contributed by atoms with E-state index in [0.29, 0.717) is 31.3 Å². The number of aromatic amines is 1. The van der Waals surface area contributed by atoms with E-state index in [-0.39, 0.29) is 0 Å². The summed E-state index contributed by atoms with van der Waals surface area (Å²) < 4.78 is 17.4. The lowest BCUT2D eigenvalue weighted by atomic mass is 9.86. The zero-order valence-corrected chi connectivity index (χ0v) is 16.8. The molecular formula is C22H30N4O3. The molecule has 2 fully saturated rings. The largest absolute Gasteiger partial charge is 0.486 e. The Kier molecular flexibility index (Phi) is 5.44. The number of nitrogens with one attached hydrogen (secondary N) is 1. The Hall–Kier alpha value is -2.09. The Morgan fingerprint density at radius 3 is 2.72 bits per heavy atom. The standard InChI is InChI=1S/C22H30N4O3/c23-18-5-8-27-20(12-18)15-3-6-26(7-4-15)14-17-13-24-25-22(17)16-1-2-19-21(11-16)29-10-9-28-19/h1-2,11,13,15,18,20H,3-10,12,14,23H2,(H,24,25). The molecule has 2 unspecified atom stereocenters. The lowest BCUT2D eigenvalue weighted by molar-refractivity contribution is -0.0441. The van der Waals surface area contributed by atoms with Crippen LogP contribution in [-0.2, 0) is 11.3 Å². The van der Waals surface area contributed by atoms with E-state index in [9.17, 15) is 0 Å². The Labute approximate surface area is 171 Å². The highest BCUT2D eigenvalue weighted by molar-refractivity contribution is 5.66. The molecule has 2 atom stereocenters. The normalized spacial score (nSPS) is 25.8. The molecule has 7 heteroatoms. The highest BCUT2D eigenvalue weighted by Crippen LogP contribution is 2.35. The molecule has 5 rings (SSSR count). The first kappa shape index (κ1) is 18.9. The molecule has 1 aromatic carbocycles. The fourth-order valence-corrected chi connectivity index (χ4v) is 4.79. The zero-order chi connectivity index (χ0) is 19.6. The van der Waals surface area contributed by atoms with Crippen LogP contribution in [0.4, 0.5) is 0 Å². The number of ether oxygens (including phenoxy) is 3. The van der Waals surface area contributed by atoms with Gasteiger partial charge in [0.2, 0.25) is 0 Å². The molecule has 0 saturated carbocycles. The van der Waals surface area contributed by atoms with Gasteiger partial charge in [-0.25, -0.2) is 0 Å². The summed E-state index contributed by atoms with van der Waals surface area (Å²) in [6.07, 6.45) is 6.66. The van der Waals surface area contributed by atoms with Crippen LogP contribution in [0, 0.1) is 5.92 Å². The van der Waals surface area contributed by atoms with E-state index in [1.807, 2.05) is 18.3 Å². The molecule has 0 aliphatic carbocycles. The van der Waals surface area contributed by atoms with Gasteiger partial charge in [-0.15, -0.1) is 0 Å². The second kappa shape index (κ2) is 8.34. The number of nitrogens with zero attached hydrogens (tertiary/aromatic N) is 2. The van der Waals surface area contributed by atoms with Gasteiger partial charge in [0, 0.05) is 30.3 Å². The highest BCUT2D eigenvalue weighted by Gasteiger charge is 2.31. The minimum absolute atomic E-state index is 0.311. The van der Waals surface area contributed by atoms with Crippen molar-refractivity contribution >= 4 is 0 Å². The fourth-order valence-electron chi connectivity index (χ4n) is 4.79. The molecule has 0 amide bonds. The van der Waals surface area contributed by atoms with E-state index in [0.717, 1.165) is 61.8 Å². The molecule has 156 valence electrons. The van der Waals surface area contributed by atoms with Gasteiger partial charge < -0.3 is 19.9 Å². The maximum Gasteiger partial charge on any atom is 0.162 e. The predicted octanol–water partition coefficient (Wildman–Crippen LogP) is 2.57. The molecule has 7 nitrogen and oxygen atoms in total. The third-order valence-corrected chi connectivity index (χ3v) is 6.46. The van der Waals surface area contributed by atoms with Crippen molar-refractivity contribution < 1.29 is 14.2 Å². The van der Waals surface area contributed by atoms with Crippen LogP contribution < -0.4 is 15.2 Å². The van der Waals surface area contributed by atoms with Gasteiger partial charge in [-0.3, -0.25) is 10.00 Å². The second-order valence-corrected chi connectivity index (χ2v) is 8.44. The molecule has 2 aromatic rings. The lowest BCUT2D eigenvalue weighted by Crippen LogP contribution is -2.43. The third-order valence-electron chi connectivity index (χ3n) is 6.46. The topological polar surface area (TPSA) is 85.6 Å². The van der Waals surface area contributed by atoms with Crippen LogP contribution in [0.2, 0.25) is 0 Å². The van der Waals surface area contributed by atoms with Gasteiger partial charge in [0.25, 0.3) is 0 Å². The first-order valence-electron chi connectivity index (χ1n) is 10.8.